The fourth-order valence-electron chi connectivity index (χ4n) is 0.618. The molecule has 17 heavy (non-hydrogen) atoms. The van der Waals surface area contributed by atoms with Crippen molar-refractivity contribution in [3.63, 3.8) is 0 Å². The van der Waals surface area contributed by atoms with Crippen LogP contribution in [0.15, 0.2) is 0 Å². The van der Waals surface area contributed by atoms with E-state index in [1.165, 1.54) is 0 Å². The SMILES string of the molecule is N.O=CC(O)C(O)C(O)C(O)CO.O=[N+]([O-])O. The number of hydrogen-bond acceptors (Lipinski definition) is 9. The van der Waals surface area contributed by atoms with Crippen LogP contribution in [0, 0.1) is 10.1 Å². The van der Waals surface area contributed by atoms with Crippen LogP contribution in [0.5, 0.6) is 0 Å². The molecule has 11 nitrogen and oxygen atoms in total. The average molecular weight is 260 g/mol. The van der Waals surface area contributed by atoms with Gasteiger partial charge < -0.3 is 41.7 Å². The predicted molar refractivity (Wildman–Crippen MR) is 51.0 cm³/mol. The highest BCUT2D eigenvalue weighted by Crippen LogP contribution is 2.02. The van der Waals surface area contributed by atoms with Gasteiger partial charge in [0, 0.05) is 0 Å². The molecule has 104 valence electrons. The summed E-state index contributed by atoms with van der Waals surface area (Å²) in [4.78, 5) is 18.3. The second-order valence-corrected chi connectivity index (χ2v) is 2.60. The Bertz CT molecular complexity index is 210. The zero-order valence-corrected chi connectivity index (χ0v) is 8.66. The summed E-state index contributed by atoms with van der Waals surface area (Å²) in [7, 11) is 0. The lowest BCUT2D eigenvalue weighted by Crippen LogP contribution is -2.46. The van der Waals surface area contributed by atoms with Crippen molar-refractivity contribution in [1.82, 2.24) is 6.15 Å². The van der Waals surface area contributed by atoms with Gasteiger partial charge in [-0.2, -0.15) is 0 Å². The van der Waals surface area contributed by atoms with E-state index in [0.717, 1.165) is 0 Å². The van der Waals surface area contributed by atoms with E-state index < -0.39 is 36.1 Å². The van der Waals surface area contributed by atoms with E-state index in [-0.39, 0.29) is 12.4 Å². The zero-order valence-electron chi connectivity index (χ0n) is 8.66. The van der Waals surface area contributed by atoms with Crippen LogP contribution >= 0.6 is 0 Å². The molecule has 0 saturated heterocycles. The minimum atomic E-state index is -1.79. The lowest BCUT2D eigenvalue weighted by atomic mass is 10.0. The van der Waals surface area contributed by atoms with Crippen LogP contribution in [0.3, 0.4) is 0 Å². The summed E-state index contributed by atoms with van der Waals surface area (Å²) < 4.78 is 0. The fraction of sp³-hybridized carbons (Fsp3) is 0.833. The Labute approximate surface area is 95.2 Å². The number of carbonyl (C=O) groups is 1. The van der Waals surface area contributed by atoms with Gasteiger partial charge in [-0.25, -0.2) is 0 Å². The van der Waals surface area contributed by atoms with E-state index in [9.17, 15) is 4.79 Å². The number of carbonyl (C=O) groups excluding carboxylic acids is 1. The molecule has 0 aromatic rings. The van der Waals surface area contributed by atoms with Gasteiger partial charge in [0.25, 0.3) is 5.09 Å². The van der Waals surface area contributed by atoms with Gasteiger partial charge in [0.2, 0.25) is 0 Å². The molecular weight excluding hydrogens is 244 g/mol. The van der Waals surface area contributed by atoms with Gasteiger partial charge in [0.05, 0.1) is 6.61 Å². The van der Waals surface area contributed by atoms with Crippen molar-refractivity contribution in [2.75, 3.05) is 6.61 Å². The van der Waals surface area contributed by atoms with E-state index in [0.29, 0.717) is 0 Å². The molecule has 0 amide bonds. The largest absolute Gasteiger partial charge is 0.394 e. The highest BCUT2D eigenvalue weighted by molar-refractivity contribution is 5.56. The summed E-state index contributed by atoms with van der Waals surface area (Å²) in [6.45, 7) is -0.760. The minimum absolute atomic E-state index is 0. The molecule has 4 atom stereocenters. The molecule has 0 rings (SSSR count). The number of hydrogen-bond donors (Lipinski definition) is 7. The van der Waals surface area contributed by atoms with Crippen LogP contribution < -0.4 is 6.15 Å². The molecule has 0 aromatic heterocycles. The molecule has 0 aromatic carbocycles. The van der Waals surface area contributed by atoms with Gasteiger partial charge in [-0.05, 0) is 0 Å². The van der Waals surface area contributed by atoms with Crippen molar-refractivity contribution < 1.29 is 40.6 Å². The average Bonchev–Trinajstić information content (AvgIpc) is 2.24. The summed E-state index contributed by atoms with van der Waals surface area (Å²) in [5.41, 5.74) is 0. The van der Waals surface area contributed by atoms with E-state index in [4.69, 9.17) is 40.9 Å². The van der Waals surface area contributed by atoms with Crippen LogP contribution in [-0.4, -0.2) is 73.1 Å². The summed E-state index contributed by atoms with van der Waals surface area (Å²) in [5, 5.41) is 57.2. The van der Waals surface area contributed by atoms with Crippen molar-refractivity contribution in [3.05, 3.63) is 10.1 Å². The van der Waals surface area contributed by atoms with E-state index >= 15 is 0 Å². The molecule has 0 spiro atoms. The third-order valence-electron chi connectivity index (χ3n) is 1.42. The Morgan fingerprint density at radius 2 is 1.53 bits per heavy atom. The Balaban J connectivity index is -0.000000340. The molecule has 0 saturated carbocycles. The molecule has 0 aliphatic rings. The Hall–Kier alpha value is -1.37. The maximum Gasteiger partial charge on any atom is 0.291 e. The zero-order chi connectivity index (χ0) is 13.3. The number of aliphatic hydroxyl groups excluding tert-OH is 5. The van der Waals surface area contributed by atoms with Crippen LogP contribution in [0.1, 0.15) is 0 Å². The van der Waals surface area contributed by atoms with E-state index in [2.05, 4.69) is 0 Å². The van der Waals surface area contributed by atoms with Crippen molar-refractivity contribution in [2.45, 2.75) is 24.4 Å². The number of nitrogens with zero attached hydrogens (tertiary/aromatic N) is 1. The molecule has 0 aliphatic carbocycles. The van der Waals surface area contributed by atoms with Crippen LogP contribution in [0.2, 0.25) is 0 Å². The summed E-state index contributed by atoms with van der Waals surface area (Å²) in [5.74, 6) is 0. The predicted octanol–water partition coefficient (Wildman–Crippen LogP) is -3.56. The topological polar surface area (TPSA) is 217 Å². The normalized spacial score (nSPS) is 16.3. The standard InChI is InChI=1S/C6H12O6.HNO3.H3N/c7-1-3(9)5(11)6(12)4(10)2-8;2-1(3)4;/h1,3-6,8-12H,2H2;(H,2,3,4);1H3. The molecule has 0 fully saturated rings. The van der Waals surface area contributed by atoms with Crippen molar-refractivity contribution >= 4 is 6.29 Å². The smallest absolute Gasteiger partial charge is 0.291 e. The van der Waals surface area contributed by atoms with E-state index in [1.54, 1.807) is 0 Å². The first-order valence-electron chi connectivity index (χ1n) is 3.89. The maximum absolute atomic E-state index is 9.90. The Morgan fingerprint density at radius 3 is 1.76 bits per heavy atom. The Morgan fingerprint density at radius 1 is 1.18 bits per heavy atom. The third kappa shape index (κ3) is 10.9. The van der Waals surface area contributed by atoms with Gasteiger partial charge in [-0.1, -0.05) is 0 Å². The Kier molecular flexibility index (Phi) is 13.7. The van der Waals surface area contributed by atoms with Gasteiger partial charge in [0.1, 0.15) is 24.4 Å². The lowest BCUT2D eigenvalue weighted by Gasteiger charge is -2.22. The van der Waals surface area contributed by atoms with Crippen LogP contribution in [0.25, 0.3) is 0 Å². The molecule has 11 heteroatoms. The molecular formula is C6H16N2O9. The summed E-state index contributed by atoms with van der Waals surface area (Å²) >= 11 is 0. The highest BCUT2D eigenvalue weighted by atomic mass is 16.9. The quantitative estimate of drug-likeness (QED) is 0.146. The summed E-state index contributed by atoms with van der Waals surface area (Å²) in [6.07, 6.45) is -6.84. The van der Waals surface area contributed by atoms with E-state index in [1.807, 2.05) is 0 Å². The monoisotopic (exact) mass is 260 g/mol. The minimum Gasteiger partial charge on any atom is -0.394 e. The van der Waals surface area contributed by atoms with Crippen molar-refractivity contribution in [3.8, 4) is 0 Å². The summed E-state index contributed by atoms with van der Waals surface area (Å²) in [6, 6.07) is 0. The molecule has 0 heterocycles. The second kappa shape index (κ2) is 11.1. The van der Waals surface area contributed by atoms with Gasteiger partial charge >= 0.3 is 0 Å². The molecule has 0 aliphatic heterocycles. The molecule has 9 N–H and O–H groups in total. The molecule has 4 unspecified atom stereocenters. The van der Waals surface area contributed by atoms with Crippen LogP contribution in [0.4, 0.5) is 0 Å². The first-order chi connectivity index (χ1) is 7.27. The molecule has 0 radical (unpaired) electrons. The number of aliphatic hydroxyl groups is 5. The van der Waals surface area contributed by atoms with Gasteiger partial charge in [-0.15, -0.1) is 10.1 Å². The second-order valence-electron chi connectivity index (χ2n) is 2.60. The number of aldehydes is 1. The number of rotatable bonds is 5. The lowest BCUT2D eigenvalue weighted by molar-refractivity contribution is -0.742. The van der Waals surface area contributed by atoms with Crippen LogP contribution in [-0.2, 0) is 4.79 Å². The highest BCUT2D eigenvalue weighted by Gasteiger charge is 2.29. The van der Waals surface area contributed by atoms with Crippen molar-refractivity contribution in [2.24, 2.45) is 0 Å². The van der Waals surface area contributed by atoms with Gasteiger partial charge in [0.15, 0.2) is 6.29 Å². The fourth-order valence-corrected chi connectivity index (χ4v) is 0.618. The maximum atomic E-state index is 9.90. The third-order valence-corrected chi connectivity index (χ3v) is 1.42. The first-order valence-corrected chi connectivity index (χ1v) is 3.89. The van der Waals surface area contributed by atoms with Crippen molar-refractivity contribution in [1.29, 1.82) is 0 Å². The molecule has 0 bridgehead atoms. The first kappa shape index (κ1) is 21.0. The van der Waals surface area contributed by atoms with Gasteiger partial charge in [-0.3, -0.25) is 0 Å².